The quantitative estimate of drug-likeness (QED) is 0.547. The average Bonchev–Trinajstić information content (AvgIpc) is 3.35. The lowest BCUT2D eigenvalue weighted by Crippen LogP contribution is -2.30. The Hall–Kier alpha value is -2.57. The number of hydrogen-bond donors (Lipinski definition) is 4. The molecule has 1 saturated carbocycles. The second-order valence-electron chi connectivity index (χ2n) is 6.06. The molecular formula is C17H23N3O4. The third-order valence-electron chi connectivity index (χ3n) is 3.85. The molecule has 0 aliphatic heterocycles. The van der Waals surface area contributed by atoms with Crippen LogP contribution < -0.4 is 16.0 Å². The molecule has 7 heteroatoms. The number of carboxylic acid groups (broad SMARTS) is 1. The lowest BCUT2D eigenvalue weighted by atomic mass is 10.1. The Morgan fingerprint density at radius 2 is 1.96 bits per heavy atom. The zero-order valence-electron chi connectivity index (χ0n) is 13.7. The third-order valence-corrected chi connectivity index (χ3v) is 3.85. The van der Waals surface area contributed by atoms with Gasteiger partial charge in [0.25, 0.3) is 5.91 Å². The Balaban J connectivity index is 1.86. The number of aliphatic carboxylic acids is 1. The Morgan fingerprint density at radius 3 is 2.62 bits per heavy atom. The van der Waals surface area contributed by atoms with E-state index in [4.69, 9.17) is 5.11 Å². The summed E-state index contributed by atoms with van der Waals surface area (Å²) in [6.07, 6.45) is 2.72. The van der Waals surface area contributed by atoms with Gasteiger partial charge in [-0.2, -0.15) is 0 Å². The second kappa shape index (κ2) is 8.33. The topological polar surface area (TPSA) is 108 Å². The van der Waals surface area contributed by atoms with Crippen molar-refractivity contribution in [2.75, 3.05) is 18.4 Å². The summed E-state index contributed by atoms with van der Waals surface area (Å²) >= 11 is 0. The van der Waals surface area contributed by atoms with E-state index in [9.17, 15) is 14.4 Å². The summed E-state index contributed by atoms with van der Waals surface area (Å²) in [4.78, 5) is 34.4. The van der Waals surface area contributed by atoms with Crippen molar-refractivity contribution in [1.29, 1.82) is 0 Å². The van der Waals surface area contributed by atoms with E-state index in [1.165, 1.54) is 12.8 Å². The summed E-state index contributed by atoms with van der Waals surface area (Å²) in [5, 5.41) is 16.7. The van der Waals surface area contributed by atoms with E-state index in [-0.39, 0.29) is 18.9 Å². The van der Waals surface area contributed by atoms with Crippen LogP contribution in [0.3, 0.4) is 0 Å². The summed E-state index contributed by atoms with van der Waals surface area (Å²) in [5.74, 6) is -0.432. The Bertz CT molecular complexity index is 626. The molecule has 1 aromatic rings. The van der Waals surface area contributed by atoms with Crippen LogP contribution in [0.15, 0.2) is 18.2 Å². The van der Waals surface area contributed by atoms with Crippen molar-refractivity contribution in [2.24, 2.45) is 5.92 Å². The molecule has 2 rings (SSSR count). The number of rotatable bonds is 8. The summed E-state index contributed by atoms with van der Waals surface area (Å²) in [6.45, 7) is 2.81. The number of carbonyl (C=O) groups excluding carboxylic acids is 2. The van der Waals surface area contributed by atoms with Crippen LogP contribution >= 0.6 is 0 Å². The summed E-state index contributed by atoms with van der Waals surface area (Å²) in [6, 6.07) is 4.74. The van der Waals surface area contributed by atoms with E-state index in [0.29, 0.717) is 30.1 Å². The Kier molecular flexibility index (Phi) is 6.17. The fraction of sp³-hybridized carbons (Fsp3) is 0.471. The van der Waals surface area contributed by atoms with Crippen LogP contribution in [0.25, 0.3) is 0 Å². The minimum Gasteiger partial charge on any atom is -0.481 e. The van der Waals surface area contributed by atoms with Crippen LogP contribution in [-0.4, -0.2) is 36.1 Å². The van der Waals surface area contributed by atoms with Gasteiger partial charge in [0.1, 0.15) is 0 Å². The molecule has 1 aromatic carbocycles. The first-order chi connectivity index (χ1) is 11.5. The fourth-order valence-corrected chi connectivity index (χ4v) is 2.17. The van der Waals surface area contributed by atoms with E-state index in [0.717, 1.165) is 5.56 Å². The minimum atomic E-state index is -0.891. The van der Waals surface area contributed by atoms with E-state index < -0.39 is 12.0 Å². The first kappa shape index (κ1) is 17.8. The number of carboxylic acids is 1. The van der Waals surface area contributed by atoms with Crippen LogP contribution in [0.4, 0.5) is 10.5 Å². The van der Waals surface area contributed by atoms with Gasteiger partial charge in [-0.25, -0.2) is 4.79 Å². The Labute approximate surface area is 140 Å². The maximum Gasteiger partial charge on any atom is 0.319 e. The summed E-state index contributed by atoms with van der Waals surface area (Å²) < 4.78 is 0. The molecule has 0 aromatic heterocycles. The van der Waals surface area contributed by atoms with Gasteiger partial charge in [-0.05, 0) is 49.8 Å². The smallest absolute Gasteiger partial charge is 0.319 e. The van der Waals surface area contributed by atoms with Gasteiger partial charge in [-0.3, -0.25) is 9.59 Å². The number of anilines is 1. The molecule has 0 spiro atoms. The SMILES string of the molecule is Cc1ccc(C(=O)NCC2CC2)cc1NC(=O)NCCCC(=O)O. The largest absolute Gasteiger partial charge is 0.481 e. The molecule has 0 radical (unpaired) electrons. The zero-order valence-corrected chi connectivity index (χ0v) is 13.7. The van der Waals surface area contributed by atoms with Crippen molar-refractivity contribution in [1.82, 2.24) is 10.6 Å². The van der Waals surface area contributed by atoms with Gasteiger partial charge < -0.3 is 21.1 Å². The predicted octanol–water partition coefficient (Wildman–Crippen LogP) is 2.12. The lowest BCUT2D eigenvalue weighted by molar-refractivity contribution is -0.137. The van der Waals surface area contributed by atoms with Crippen LogP contribution in [0.1, 0.15) is 41.6 Å². The van der Waals surface area contributed by atoms with Crippen molar-refractivity contribution in [3.8, 4) is 0 Å². The third kappa shape index (κ3) is 5.91. The van der Waals surface area contributed by atoms with Gasteiger partial charge in [0.15, 0.2) is 0 Å². The molecule has 0 saturated heterocycles. The van der Waals surface area contributed by atoms with Gasteiger partial charge in [0.2, 0.25) is 0 Å². The molecule has 1 fully saturated rings. The number of carbonyl (C=O) groups is 3. The maximum atomic E-state index is 12.1. The highest BCUT2D eigenvalue weighted by Gasteiger charge is 2.22. The van der Waals surface area contributed by atoms with Crippen LogP contribution in [0.2, 0.25) is 0 Å². The maximum absolute atomic E-state index is 12.1. The molecule has 130 valence electrons. The normalized spacial score (nSPS) is 13.2. The highest BCUT2D eigenvalue weighted by molar-refractivity contribution is 5.97. The zero-order chi connectivity index (χ0) is 17.5. The van der Waals surface area contributed by atoms with Crippen molar-refractivity contribution in [3.63, 3.8) is 0 Å². The van der Waals surface area contributed by atoms with Crippen molar-refractivity contribution >= 4 is 23.6 Å². The molecule has 0 bridgehead atoms. The van der Waals surface area contributed by atoms with Crippen molar-refractivity contribution < 1.29 is 19.5 Å². The number of nitrogens with one attached hydrogen (secondary N) is 3. The highest BCUT2D eigenvalue weighted by atomic mass is 16.4. The monoisotopic (exact) mass is 333 g/mol. The molecular weight excluding hydrogens is 310 g/mol. The van der Waals surface area contributed by atoms with Crippen LogP contribution in [-0.2, 0) is 4.79 Å². The second-order valence-corrected chi connectivity index (χ2v) is 6.06. The molecule has 7 nitrogen and oxygen atoms in total. The lowest BCUT2D eigenvalue weighted by Gasteiger charge is -2.12. The fourth-order valence-electron chi connectivity index (χ4n) is 2.17. The van der Waals surface area contributed by atoms with Crippen LogP contribution in [0, 0.1) is 12.8 Å². The van der Waals surface area contributed by atoms with Gasteiger partial charge in [0, 0.05) is 30.8 Å². The minimum absolute atomic E-state index is 0.00988. The van der Waals surface area contributed by atoms with E-state index in [1.807, 2.05) is 6.92 Å². The molecule has 4 N–H and O–H groups in total. The van der Waals surface area contributed by atoms with Gasteiger partial charge in [-0.15, -0.1) is 0 Å². The Morgan fingerprint density at radius 1 is 1.21 bits per heavy atom. The standard InChI is InChI=1S/C17H23N3O4/c1-11-4-7-13(16(23)19-10-12-5-6-12)9-14(11)20-17(24)18-8-2-3-15(21)22/h4,7,9,12H,2-3,5-6,8,10H2,1H3,(H,19,23)(H,21,22)(H2,18,20,24). The number of aryl methyl sites for hydroxylation is 1. The summed E-state index contributed by atoms with van der Waals surface area (Å²) in [7, 11) is 0. The molecule has 0 atom stereocenters. The van der Waals surface area contributed by atoms with E-state index in [2.05, 4.69) is 16.0 Å². The van der Waals surface area contributed by atoms with Crippen molar-refractivity contribution in [3.05, 3.63) is 29.3 Å². The van der Waals surface area contributed by atoms with Crippen molar-refractivity contribution in [2.45, 2.75) is 32.6 Å². The molecule has 0 heterocycles. The number of hydrogen-bond acceptors (Lipinski definition) is 3. The number of benzene rings is 1. The first-order valence-electron chi connectivity index (χ1n) is 8.11. The highest BCUT2D eigenvalue weighted by Crippen LogP contribution is 2.27. The van der Waals surface area contributed by atoms with E-state index in [1.54, 1.807) is 18.2 Å². The van der Waals surface area contributed by atoms with Gasteiger partial charge >= 0.3 is 12.0 Å². The number of urea groups is 1. The summed E-state index contributed by atoms with van der Waals surface area (Å²) in [5.41, 5.74) is 1.90. The first-order valence-corrected chi connectivity index (χ1v) is 8.11. The molecule has 1 aliphatic rings. The number of amides is 3. The molecule has 1 aliphatic carbocycles. The van der Waals surface area contributed by atoms with E-state index >= 15 is 0 Å². The van der Waals surface area contributed by atoms with Gasteiger partial charge in [-0.1, -0.05) is 6.07 Å². The predicted molar refractivity (Wildman–Crippen MR) is 90.1 cm³/mol. The average molecular weight is 333 g/mol. The molecule has 3 amide bonds. The van der Waals surface area contributed by atoms with Gasteiger partial charge in [0.05, 0.1) is 0 Å². The molecule has 24 heavy (non-hydrogen) atoms. The molecule has 0 unspecified atom stereocenters. The van der Waals surface area contributed by atoms with Crippen LogP contribution in [0.5, 0.6) is 0 Å².